The average Bonchev–Trinajstić information content (AvgIpc) is 3.19. The molecular weight excluding hydrogens is 344 g/mol. The Labute approximate surface area is 158 Å². The number of para-hydroxylation sites is 1. The van der Waals surface area contributed by atoms with Crippen LogP contribution >= 0.6 is 0 Å². The largest absolute Gasteiger partial charge is 0.342 e. The highest BCUT2D eigenvalue weighted by molar-refractivity contribution is 5.94. The number of carbonyl (C=O) groups is 2. The molecule has 1 aromatic carbocycles. The Hall–Kier alpha value is -2.74. The summed E-state index contributed by atoms with van der Waals surface area (Å²) in [5.74, 6) is -0.0885. The van der Waals surface area contributed by atoms with Crippen LogP contribution in [0.1, 0.15) is 54.5 Å². The second-order valence-electron chi connectivity index (χ2n) is 7.09. The molecule has 2 atom stereocenters. The quantitative estimate of drug-likeness (QED) is 0.855. The Kier molecular flexibility index (Phi) is 4.89. The van der Waals surface area contributed by atoms with Crippen molar-refractivity contribution in [2.45, 2.75) is 38.3 Å². The molecule has 2 aromatic rings. The molecule has 2 amide bonds. The van der Waals surface area contributed by atoms with E-state index in [1.807, 2.05) is 24.3 Å². The molecule has 2 N–H and O–H groups in total. The Morgan fingerprint density at radius 1 is 1.26 bits per heavy atom. The van der Waals surface area contributed by atoms with E-state index in [9.17, 15) is 9.59 Å². The van der Waals surface area contributed by atoms with Crippen LogP contribution in [0.2, 0.25) is 0 Å². The number of rotatable bonds is 3. The van der Waals surface area contributed by atoms with Gasteiger partial charge in [-0.3, -0.25) is 9.59 Å². The maximum absolute atomic E-state index is 12.7. The fourth-order valence-corrected chi connectivity index (χ4v) is 3.88. The number of benzene rings is 1. The van der Waals surface area contributed by atoms with Gasteiger partial charge >= 0.3 is 0 Å². The topological polar surface area (TPSA) is 92.2 Å². The van der Waals surface area contributed by atoms with Gasteiger partial charge in [0.05, 0.1) is 12.1 Å². The molecule has 1 saturated heterocycles. The van der Waals surface area contributed by atoms with Gasteiger partial charge in [-0.15, -0.1) is 5.10 Å². The molecule has 1 fully saturated rings. The van der Waals surface area contributed by atoms with E-state index in [2.05, 4.69) is 20.7 Å². The first-order valence-electron chi connectivity index (χ1n) is 9.43. The molecule has 1 aromatic heterocycles. The van der Waals surface area contributed by atoms with Crippen molar-refractivity contribution in [2.75, 3.05) is 24.5 Å². The number of nitrogens with zero attached hydrogens (tertiary/aromatic N) is 4. The first-order chi connectivity index (χ1) is 13.1. The molecule has 142 valence electrons. The fraction of sp³-hybridized carbons (Fsp3) is 0.474. The molecule has 0 aliphatic carbocycles. The van der Waals surface area contributed by atoms with E-state index in [0.29, 0.717) is 13.0 Å². The van der Waals surface area contributed by atoms with E-state index in [1.54, 1.807) is 22.8 Å². The van der Waals surface area contributed by atoms with E-state index in [4.69, 9.17) is 0 Å². The molecule has 8 nitrogen and oxygen atoms in total. The molecule has 0 saturated carbocycles. The molecule has 0 radical (unpaired) electrons. The molecule has 2 aliphatic rings. The van der Waals surface area contributed by atoms with Crippen LogP contribution in [0.15, 0.2) is 30.6 Å². The SMILES string of the molecule is CC(=O)N1CCC(NC(=O)c2ncn(C3CCCNC3)n2)c2ccccc21. The highest BCUT2D eigenvalue weighted by Gasteiger charge is 2.29. The predicted octanol–water partition coefficient (Wildman–Crippen LogP) is 1.43. The van der Waals surface area contributed by atoms with Gasteiger partial charge in [0.1, 0.15) is 6.33 Å². The van der Waals surface area contributed by atoms with E-state index < -0.39 is 0 Å². The normalized spacial score (nSPS) is 22.2. The van der Waals surface area contributed by atoms with Crippen LogP contribution in [0.4, 0.5) is 5.69 Å². The maximum Gasteiger partial charge on any atom is 0.291 e. The predicted molar refractivity (Wildman–Crippen MR) is 100 cm³/mol. The number of hydrogen-bond donors (Lipinski definition) is 2. The molecule has 0 bridgehead atoms. The third-order valence-corrected chi connectivity index (χ3v) is 5.29. The smallest absolute Gasteiger partial charge is 0.291 e. The van der Waals surface area contributed by atoms with Crippen LogP contribution in [0.5, 0.6) is 0 Å². The zero-order valence-corrected chi connectivity index (χ0v) is 15.4. The first-order valence-corrected chi connectivity index (χ1v) is 9.43. The average molecular weight is 368 g/mol. The lowest BCUT2D eigenvalue weighted by molar-refractivity contribution is -0.116. The molecular formula is C19H24N6O2. The van der Waals surface area contributed by atoms with E-state index >= 15 is 0 Å². The zero-order chi connectivity index (χ0) is 18.8. The summed E-state index contributed by atoms with van der Waals surface area (Å²) in [5.41, 5.74) is 1.80. The summed E-state index contributed by atoms with van der Waals surface area (Å²) in [6.07, 6.45) is 4.43. The first kappa shape index (κ1) is 17.7. The molecule has 2 unspecified atom stereocenters. The van der Waals surface area contributed by atoms with Crippen molar-refractivity contribution in [3.05, 3.63) is 42.0 Å². The van der Waals surface area contributed by atoms with Gasteiger partial charge in [-0.1, -0.05) is 18.2 Å². The summed E-state index contributed by atoms with van der Waals surface area (Å²) >= 11 is 0. The molecule has 4 rings (SSSR count). The van der Waals surface area contributed by atoms with Crippen molar-refractivity contribution in [1.82, 2.24) is 25.4 Å². The van der Waals surface area contributed by atoms with Crippen molar-refractivity contribution in [1.29, 1.82) is 0 Å². The third kappa shape index (κ3) is 3.57. The zero-order valence-electron chi connectivity index (χ0n) is 15.4. The Bertz CT molecular complexity index is 842. The molecule has 3 heterocycles. The van der Waals surface area contributed by atoms with Crippen molar-refractivity contribution in [2.24, 2.45) is 0 Å². The number of carbonyl (C=O) groups excluding carboxylic acids is 2. The standard InChI is InChI=1S/C19H24N6O2/c1-13(26)24-10-8-16(15-6-2-3-7-17(15)24)22-19(27)18-21-12-25(23-18)14-5-4-9-20-11-14/h2-3,6-7,12,14,16,20H,4-5,8-11H2,1H3,(H,22,27). The van der Waals surface area contributed by atoms with Crippen molar-refractivity contribution >= 4 is 17.5 Å². The van der Waals surface area contributed by atoms with Gasteiger partial charge in [-0.05, 0) is 37.4 Å². The minimum absolute atomic E-state index is 0.00808. The fourth-order valence-electron chi connectivity index (χ4n) is 3.88. The minimum Gasteiger partial charge on any atom is -0.342 e. The maximum atomic E-state index is 12.7. The molecule has 27 heavy (non-hydrogen) atoms. The number of amides is 2. The van der Waals surface area contributed by atoms with Crippen molar-refractivity contribution in [3.8, 4) is 0 Å². The Morgan fingerprint density at radius 3 is 2.89 bits per heavy atom. The highest BCUT2D eigenvalue weighted by Crippen LogP contribution is 2.33. The second kappa shape index (κ2) is 7.48. The summed E-state index contributed by atoms with van der Waals surface area (Å²) < 4.78 is 1.79. The molecule has 0 spiro atoms. The van der Waals surface area contributed by atoms with Gasteiger partial charge in [-0.25, -0.2) is 9.67 Å². The van der Waals surface area contributed by atoms with Gasteiger partial charge in [0, 0.05) is 25.7 Å². The van der Waals surface area contributed by atoms with Crippen molar-refractivity contribution in [3.63, 3.8) is 0 Å². The lowest BCUT2D eigenvalue weighted by Gasteiger charge is -2.33. The van der Waals surface area contributed by atoms with Crippen LogP contribution < -0.4 is 15.5 Å². The summed E-state index contributed by atoms with van der Waals surface area (Å²) in [6, 6.07) is 7.78. The molecule has 2 aliphatic heterocycles. The number of nitrogens with one attached hydrogen (secondary N) is 2. The monoisotopic (exact) mass is 368 g/mol. The van der Waals surface area contributed by atoms with Gasteiger partial charge in [0.15, 0.2) is 0 Å². The van der Waals surface area contributed by atoms with Crippen LogP contribution in [0.25, 0.3) is 0 Å². The summed E-state index contributed by atoms with van der Waals surface area (Å²) in [4.78, 5) is 30.5. The number of piperidine rings is 1. The number of hydrogen-bond acceptors (Lipinski definition) is 5. The highest BCUT2D eigenvalue weighted by atomic mass is 16.2. The van der Waals surface area contributed by atoms with Crippen LogP contribution in [0.3, 0.4) is 0 Å². The van der Waals surface area contributed by atoms with E-state index in [-0.39, 0.29) is 29.7 Å². The summed E-state index contributed by atoms with van der Waals surface area (Å²) in [5, 5.41) is 10.8. The van der Waals surface area contributed by atoms with Crippen LogP contribution in [0, 0.1) is 0 Å². The van der Waals surface area contributed by atoms with E-state index in [1.165, 1.54) is 0 Å². The van der Waals surface area contributed by atoms with E-state index in [0.717, 1.165) is 37.2 Å². The Morgan fingerprint density at radius 2 is 2.11 bits per heavy atom. The second-order valence-corrected chi connectivity index (χ2v) is 7.09. The lowest BCUT2D eigenvalue weighted by atomic mass is 9.96. The van der Waals surface area contributed by atoms with Crippen molar-refractivity contribution < 1.29 is 9.59 Å². The summed E-state index contributed by atoms with van der Waals surface area (Å²) in [7, 11) is 0. The van der Waals surface area contributed by atoms with Gasteiger partial charge < -0.3 is 15.5 Å². The van der Waals surface area contributed by atoms with Crippen LogP contribution in [-0.4, -0.2) is 46.2 Å². The van der Waals surface area contributed by atoms with Gasteiger partial charge in [0.25, 0.3) is 5.91 Å². The van der Waals surface area contributed by atoms with Crippen LogP contribution in [-0.2, 0) is 4.79 Å². The number of fused-ring (bicyclic) bond motifs is 1. The Balaban J connectivity index is 1.49. The lowest BCUT2D eigenvalue weighted by Crippen LogP contribution is -2.40. The van der Waals surface area contributed by atoms with Gasteiger partial charge in [-0.2, -0.15) is 0 Å². The third-order valence-electron chi connectivity index (χ3n) is 5.29. The number of aromatic nitrogens is 3. The number of anilines is 1. The minimum atomic E-state index is -0.284. The molecule has 8 heteroatoms. The summed E-state index contributed by atoms with van der Waals surface area (Å²) in [6.45, 7) is 4.01. The van der Waals surface area contributed by atoms with Gasteiger partial charge in [0.2, 0.25) is 11.7 Å².